The van der Waals surface area contributed by atoms with Crippen LogP contribution in [0, 0.1) is 11.6 Å². The first-order valence-corrected chi connectivity index (χ1v) is 13.0. The number of carbonyl (C=O) groups is 2. The Morgan fingerprint density at radius 2 is 1.92 bits per heavy atom. The van der Waals surface area contributed by atoms with Crippen molar-refractivity contribution in [2.45, 2.75) is 57.6 Å². The Morgan fingerprint density at radius 3 is 2.69 bits per heavy atom. The zero-order valence-corrected chi connectivity index (χ0v) is 21.3. The number of nitrogens with one attached hydrogen (secondary N) is 1. The van der Waals surface area contributed by atoms with Crippen LogP contribution in [-0.2, 0) is 24.3 Å². The maximum absolute atomic E-state index is 14.2. The molecule has 1 aromatic heterocycles. The molecule has 2 unspecified atom stereocenters. The fraction of sp³-hybridized carbons (Fsp3) is 0.345. The van der Waals surface area contributed by atoms with Gasteiger partial charge in [0.15, 0.2) is 17.7 Å². The molecule has 1 N–H and O–H groups in total. The van der Waals surface area contributed by atoms with Crippen molar-refractivity contribution in [3.8, 4) is 5.75 Å². The van der Waals surface area contributed by atoms with Crippen LogP contribution in [-0.4, -0.2) is 40.2 Å². The van der Waals surface area contributed by atoms with E-state index in [4.69, 9.17) is 9.47 Å². The highest BCUT2D eigenvalue weighted by Gasteiger charge is 2.50. The molecule has 2 amide bonds. The molecule has 4 heterocycles. The van der Waals surface area contributed by atoms with E-state index in [-0.39, 0.29) is 53.7 Å². The van der Waals surface area contributed by atoms with E-state index in [2.05, 4.69) is 5.32 Å². The summed E-state index contributed by atoms with van der Waals surface area (Å²) in [5.74, 6) is -2.80. The van der Waals surface area contributed by atoms with Crippen LogP contribution in [0.15, 0.2) is 53.3 Å². The first kappa shape index (κ1) is 25.2. The molecule has 3 aromatic rings. The van der Waals surface area contributed by atoms with Gasteiger partial charge in [0.05, 0.1) is 12.6 Å². The van der Waals surface area contributed by atoms with Gasteiger partial charge in [-0.05, 0) is 37.8 Å². The van der Waals surface area contributed by atoms with Crippen LogP contribution in [0.25, 0.3) is 0 Å². The lowest BCUT2D eigenvalue weighted by atomic mass is 10.0. The number of benzene rings is 2. The Hall–Kier alpha value is -4.05. The first-order valence-electron chi connectivity index (χ1n) is 13.0. The Kier molecular flexibility index (Phi) is 6.42. The van der Waals surface area contributed by atoms with Gasteiger partial charge in [0.2, 0.25) is 5.43 Å². The van der Waals surface area contributed by atoms with Crippen molar-refractivity contribution >= 4 is 11.8 Å². The number of pyridine rings is 1. The van der Waals surface area contributed by atoms with Crippen molar-refractivity contribution in [1.82, 2.24) is 14.8 Å². The monoisotopic (exact) mass is 535 g/mol. The number of nitrogens with zero attached hydrogens (tertiary/aromatic N) is 2. The fourth-order valence-electron chi connectivity index (χ4n) is 5.80. The molecule has 8 nitrogen and oxygen atoms in total. The summed E-state index contributed by atoms with van der Waals surface area (Å²) in [6.07, 6.45) is 1.12. The van der Waals surface area contributed by atoms with Gasteiger partial charge in [-0.25, -0.2) is 8.78 Å². The van der Waals surface area contributed by atoms with Crippen LogP contribution in [0.4, 0.5) is 8.78 Å². The highest BCUT2D eigenvalue weighted by Crippen LogP contribution is 2.43. The smallest absolute Gasteiger partial charge is 0.276 e. The van der Waals surface area contributed by atoms with E-state index in [0.29, 0.717) is 31.6 Å². The van der Waals surface area contributed by atoms with Crippen molar-refractivity contribution in [1.29, 1.82) is 0 Å². The SMILES string of the molecule is C[C@@H]1CCOC2C3CCc4c(C(=O)NCc5ccc(F)cc5F)c(=O)c(OCc5ccccc5)c(n43)C(=O)N21. The van der Waals surface area contributed by atoms with Crippen LogP contribution in [0.3, 0.4) is 0 Å². The predicted molar refractivity (Wildman–Crippen MR) is 136 cm³/mol. The van der Waals surface area contributed by atoms with Crippen LogP contribution in [0.1, 0.15) is 63.5 Å². The van der Waals surface area contributed by atoms with Gasteiger partial charge < -0.3 is 24.3 Å². The second-order valence-electron chi connectivity index (χ2n) is 10.1. The van der Waals surface area contributed by atoms with Gasteiger partial charge >= 0.3 is 0 Å². The van der Waals surface area contributed by atoms with Gasteiger partial charge in [-0.2, -0.15) is 0 Å². The minimum absolute atomic E-state index is 0.0255. The van der Waals surface area contributed by atoms with E-state index in [1.54, 1.807) is 9.47 Å². The van der Waals surface area contributed by atoms with Gasteiger partial charge in [-0.3, -0.25) is 14.4 Å². The van der Waals surface area contributed by atoms with Crippen molar-refractivity contribution in [3.05, 3.63) is 98.5 Å². The number of ether oxygens (including phenoxy) is 2. The van der Waals surface area contributed by atoms with Crippen molar-refractivity contribution in [3.63, 3.8) is 0 Å². The molecule has 3 atom stereocenters. The zero-order valence-electron chi connectivity index (χ0n) is 21.3. The number of rotatable bonds is 6. The fourth-order valence-corrected chi connectivity index (χ4v) is 5.80. The van der Waals surface area contributed by atoms with E-state index in [9.17, 15) is 23.2 Å². The summed E-state index contributed by atoms with van der Waals surface area (Å²) < 4.78 is 41.3. The van der Waals surface area contributed by atoms with Crippen LogP contribution < -0.4 is 15.5 Å². The van der Waals surface area contributed by atoms with Crippen LogP contribution in [0.2, 0.25) is 0 Å². The average molecular weight is 536 g/mol. The van der Waals surface area contributed by atoms with Gasteiger partial charge in [0.25, 0.3) is 11.8 Å². The number of hydrogen-bond acceptors (Lipinski definition) is 5. The Bertz CT molecular complexity index is 1520. The molecular weight excluding hydrogens is 508 g/mol. The standard InChI is InChI=1S/C29H27F2N3O5/c1-16-11-12-38-29-22-10-9-21-23(27(36)32-14-18-7-8-19(30)13-20(18)31)25(35)26(24(34(21)22)28(37)33(16)29)39-15-17-5-3-2-4-6-17/h2-8,13,16,22,29H,9-12,14-15H2,1H3,(H,32,36)/t16-,22?,29?/m1/s1. The number of amides is 2. The summed E-state index contributed by atoms with van der Waals surface area (Å²) in [6.45, 7) is 2.24. The lowest BCUT2D eigenvalue weighted by Gasteiger charge is -2.47. The normalized spacial score (nSPS) is 21.4. The van der Waals surface area contributed by atoms with Gasteiger partial charge in [-0.15, -0.1) is 0 Å². The first-order chi connectivity index (χ1) is 18.8. The lowest BCUT2D eigenvalue weighted by molar-refractivity contribution is -0.128. The molecule has 0 aliphatic carbocycles. The molecule has 1 saturated heterocycles. The maximum Gasteiger partial charge on any atom is 0.276 e. The zero-order chi connectivity index (χ0) is 27.3. The third-order valence-corrected chi connectivity index (χ3v) is 7.72. The second kappa shape index (κ2) is 9.92. The van der Waals surface area contributed by atoms with Gasteiger partial charge in [0.1, 0.15) is 23.8 Å². The Morgan fingerprint density at radius 1 is 1.13 bits per heavy atom. The number of hydrogen-bond donors (Lipinski definition) is 1. The topological polar surface area (TPSA) is 89.9 Å². The van der Waals surface area contributed by atoms with E-state index < -0.39 is 29.2 Å². The van der Waals surface area contributed by atoms with E-state index in [0.717, 1.165) is 17.7 Å². The van der Waals surface area contributed by atoms with Gasteiger partial charge in [0, 0.05) is 29.9 Å². The van der Waals surface area contributed by atoms with E-state index >= 15 is 0 Å². The van der Waals surface area contributed by atoms with Crippen LogP contribution in [0.5, 0.6) is 5.75 Å². The molecule has 39 heavy (non-hydrogen) atoms. The van der Waals surface area contributed by atoms with Crippen molar-refractivity contribution in [2.75, 3.05) is 6.61 Å². The quantitative estimate of drug-likeness (QED) is 0.520. The average Bonchev–Trinajstić information content (AvgIpc) is 3.35. The maximum atomic E-state index is 14.2. The lowest BCUT2D eigenvalue weighted by Crippen LogP contribution is -2.58. The highest BCUT2D eigenvalue weighted by atomic mass is 19.1. The van der Waals surface area contributed by atoms with E-state index in [1.807, 2.05) is 37.3 Å². The molecule has 6 rings (SSSR count). The highest BCUT2D eigenvalue weighted by molar-refractivity contribution is 6.00. The van der Waals surface area contributed by atoms with Crippen molar-refractivity contribution in [2.24, 2.45) is 0 Å². The molecule has 2 aromatic carbocycles. The van der Waals surface area contributed by atoms with E-state index in [1.165, 1.54) is 6.07 Å². The van der Waals surface area contributed by atoms with Crippen LogP contribution >= 0.6 is 0 Å². The number of aromatic nitrogens is 1. The molecule has 1 fully saturated rings. The largest absolute Gasteiger partial charge is 0.483 e. The molecule has 3 aliphatic heterocycles. The summed E-state index contributed by atoms with van der Waals surface area (Å²) in [5.41, 5.74) is 0.592. The Labute approximate surface area is 223 Å². The number of halogens is 2. The third-order valence-electron chi connectivity index (χ3n) is 7.72. The summed E-state index contributed by atoms with van der Waals surface area (Å²) in [6, 6.07) is 11.9. The summed E-state index contributed by atoms with van der Waals surface area (Å²) in [4.78, 5) is 42.9. The van der Waals surface area contributed by atoms with Gasteiger partial charge in [-0.1, -0.05) is 36.4 Å². The summed E-state index contributed by atoms with van der Waals surface area (Å²) >= 11 is 0. The summed E-state index contributed by atoms with van der Waals surface area (Å²) in [7, 11) is 0. The van der Waals surface area contributed by atoms with Crippen molar-refractivity contribution < 1.29 is 27.8 Å². The molecule has 3 aliphatic rings. The molecular formula is C29H27F2N3O5. The minimum atomic E-state index is -0.803. The number of carbonyl (C=O) groups excluding carboxylic acids is 2. The summed E-state index contributed by atoms with van der Waals surface area (Å²) in [5, 5.41) is 2.60. The molecule has 0 spiro atoms. The predicted octanol–water partition coefficient (Wildman–Crippen LogP) is 3.71. The molecule has 0 radical (unpaired) electrons. The number of fused-ring (bicyclic) bond motifs is 2. The Balaban J connectivity index is 1.43. The molecule has 0 saturated carbocycles. The minimum Gasteiger partial charge on any atom is -0.483 e. The second-order valence-corrected chi connectivity index (χ2v) is 10.1. The molecule has 0 bridgehead atoms. The molecule has 10 heteroatoms. The molecule has 202 valence electrons. The third kappa shape index (κ3) is 4.28.